The molecule has 2 fully saturated rings. The quantitative estimate of drug-likeness (QED) is 0.843. The summed E-state index contributed by atoms with van der Waals surface area (Å²) in [5, 5.41) is 7.78. The highest BCUT2D eigenvalue weighted by Crippen LogP contribution is 2.32. The average Bonchev–Trinajstić information content (AvgIpc) is 3.01. The van der Waals surface area contributed by atoms with Crippen molar-refractivity contribution >= 4 is 22.9 Å². The van der Waals surface area contributed by atoms with Gasteiger partial charge in [-0.2, -0.15) is 0 Å². The molecule has 0 saturated carbocycles. The molecule has 0 aromatic carbocycles. The summed E-state index contributed by atoms with van der Waals surface area (Å²) >= 11 is 0. The van der Waals surface area contributed by atoms with Crippen molar-refractivity contribution in [3.63, 3.8) is 0 Å². The number of fused-ring (bicyclic) bond motifs is 1. The van der Waals surface area contributed by atoms with Crippen LogP contribution in [-0.4, -0.2) is 46.5 Å². The standard InChI is InChI=1S/C16H24N6O/c1-11-5-3-7-21(9-11)15-16(22-8-4-6-12(2)10-22)18-14-13(17-15)19-23-20-14/h11-12H,3-10H2,1-2H3/t11-,12-/m1/s1. The van der Waals surface area contributed by atoms with E-state index in [1.54, 1.807) is 0 Å². The number of piperidine rings is 2. The zero-order valence-corrected chi connectivity index (χ0v) is 13.9. The van der Waals surface area contributed by atoms with E-state index in [1.807, 2.05) is 0 Å². The van der Waals surface area contributed by atoms with E-state index >= 15 is 0 Å². The van der Waals surface area contributed by atoms with Gasteiger partial charge in [-0.1, -0.05) is 13.8 Å². The minimum absolute atomic E-state index is 0.507. The maximum Gasteiger partial charge on any atom is 0.245 e. The van der Waals surface area contributed by atoms with Crippen LogP contribution < -0.4 is 9.80 Å². The molecule has 2 aromatic heterocycles. The van der Waals surface area contributed by atoms with Crippen molar-refractivity contribution in [2.75, 3.05) is 36.0 Å². The molecule has 0 amide bonds. The van der Waals surface area contributed by atoms with E-state index in [-0.39, 0.29) is 0 Å². The lowest BCUT2D eigenvalue weighted by atomic mass is 9.99. The first-order valence-electron chi connectivity index (χ1n) is 8.71. The summed E-state index contributed by atoms with van der Waals surface area (Å²) in [6.45, 7) is 8.74. The van der Waals surface area contributed by atoms with Gasteiger partial charge in [-0.15, -0.1) is 0 Å². The van der Waals surface area contributed by atoms with Crippen molar-refractivity contribution in [1.29, 1.82) is 0 Å². The molecule has 4 heterocycles. The number of anilines is 2. The fourth-order valence-electron chi connectivity index (χ4n) is 3.81. The van der Waals surface area contributed by atoms with Crippen molar-refractivity contribution in [1.82, 2.24) is 20.3 Å². The molecule has 2 aliphatic rings. The Bertz CT molecular complexity index is 630. The van der Waals surface area contributed by atoms with E-state index in [9.17, 15) is 0 Å². The number of hydrogen-bond donors (Lipinski definition) is 0. The normalized spacial score (nSPS) is 26.0. The highest BCUT2D eigenvalue weighted by Gasteiger charge is 2.27. The summed E-state index contributed by atoms with van der Waals surface area (Å²) in [6, 6.07) is 0. The molecule has 4 rings (SSSR count). The van der Waals surface area contributed by atoms with Gasteiger partial charge in [0.1, 0.15) is 0 Å². The van der Waals surface area contributed by atoms with Crippen LogP contribution in [0.15, 0.2) is 4.63 Å². The number of rotatable bonds is 2. The lowest BCUT2D eigenvalue weighted by Crippen LogP contribution is -2.39. The maximum absolute atomic E-state index is 4.83. The molecule has 0 bridgehead atoms. The summed E-state index contributed by atoms with van der Waals surface area (Å²) in [7, 11) is 0. The SMILES string of the molecule is C[C@@H]1CCCN(c2nc3nonc3nc2N2CCC[C@@H](C)C2)C1. The molecule has 7 nitrogen and oxygen atoms in total. The summed E-state index contributed by atoms with van der Waals surface area (Å²) in [4.78, 5) is 14.2. The summed E-state index contributed by atoms with van der Waals surface area (Å²) < 4.78 is 4.83. The lowest BCUT2D eigenvalue weighted by molar-refractivity contribution is 0.314. The van der Waals surface area contributed by atoms with Gasteiger partial charge in [0.15, 0.2) is 11.6 Å². The van der Waals surface area contributed by atoms with Crippen molar-refractivity contribution in [2.24, 2.45) is 11.8 Å². The predicted molar refractivity (Wildman–Crippen MR) is 88.6 cm³/mol. The first-order valence-corrected chi connectivity index (χ1v) is 8.71. The van der Waals surface area contributed by atoms with Crippen molar-refractivity contribution in [2.45, 2.75) is 39.5 Å². The van der Waals surface area contributed by atoms with E-state index < -0.39 is 0 Å². The molecule has 2 aromatic rings. The van der Waals surface area contributed by atoms with Gasteiger partial charge in [-0.3, -0.25) is 0 Å². The Balaban J connectivity index is 1.75. The van der Waals surface area contributed by atoms with Gasteiger partial charge < -0.3 is 9.80 Å². The minimum Gasteiger partial charge on any atom is -0.353 e. The Morgan fingerprint density at radius 2 is 1.30 bits per heavy atom. The number of nitrogens with zero attached hydrogens (tertiary/aromatic N) is 6. The number of aromatic nitrogens is 4. The van der Waals surface area contributed by atoms with Crippen LogP contribution in [0.2, 0.25) is 0 Å². The first kappa shape index (κ1) is 14.7. The van der Waals surface area contributed by atoms with Gasteiger partial charge in [0, 0.05) is 26.2 Å². The smallest absolute Gasteiger partial charge is 0.245 e. The fourth-order valence-corrected chi connectivity index (χ4v) is 3.81. The first-order chi connectivity index (χ1) is 11.2. The zero-order chi connectivity index (χ0) is 15.8. The van der Waals surface area contributed by atoms with Gasteiger partial charge in [-0.25, -0.2) is 14.6 Å². The van der Waals surface area contributed by atoms with E-state index in [0.717, 1.165) is 37.8 Å². The van der Waals surface area contributed by atoms with Crippen molar-refractivity contribution in [3.05, 3.63) is 0 Å². The van der Waals surface area contributed by atoms with Gasteiger partial charge in [0.2, 0.25) is 11.3 Å². The van der Waals surface area contributed by atoms with Gasteiger partial charge in [0.05, 0.1) is 0 Å². The van der Waals surface area contributed by atoms with Crippen molar-refractivity contribution < 1.29 is 4.63 Å². The molecule has 0 N–H and O–H groups in total. The fraction of sp³-hybridized carbons (Fsp3) is 0.750. The molecule has 2 atom stereocenters. The van der Waals surface area contributed by atoms with Crippen LogP contribution in [0, 0.1) is 11.8 Å². The Labute approximate surface area is 136 Å². The largest absolute Gasteiger partial charge is 0.353 e. The molecule has 0 spiro atoms. The third kappa shape index (κ3) is 2.84. The highest BCUT2D eigenvalue weighted by atomic mass is 16.6. The molecule has 23 heavy (non-hydrogen) atoms. The molecule has 0 radical (unpaired) electrons. The highest BCUT2D eigenvalue weighted by molar-refractivity contribution is 5.74. The topological polar surface area (TPSA) is 71.2 Å². The maximum atomic E-state index is 4.83. The summed E-state index contributed by atoms with van der Waals surface area (Å²) in [5.41, 5.74) is 1.01. The Morgan fingerprint density at radius 3 is 1.74 bits per heavy atom. The van der Waals surface area contributed by atoms with E-state index in [0.29, 0.717) is 23.1 Å². The molecule has 0 unspecified atom stereocenters. The van der Waals surface area contributed by atoms with Crippen LogP contribution in [0.1, 0.15) is 39.5 Å². The monoisotopic (exact) mass is 316 g/mol. The average molecular weight is 316 g/mol. The van der Waals surface area contributed by atoms with E-state index in [4.69, 9.17) is 14.6 Å². The Kier molecular flexibility index (Phi) is 3.79. The third-order valence-corrected chi connectivity index (χ3v) is 4.99. The predicted octanol–water partition coefficient (Wildman–Crippen LogP) is 2.49. The van der Waals surface area contributed by atoms with E-state index in [2.05, 4.69) is 34.0 Å². The van der Waals surface area contributed by atoms with Crippen LogP contribution in [-0.2, 0) is 0 Å². The van der Waals surface area contributed by atoms with Crippen LogP contribution in [0.5, 0.6) is 0 Å². The molecular weight excluding hydrogens is 292 g/mol. The Morgan fingerprint density at radius 1 is 0.826 bits per heavy atom. The van der Waals surface area contributed by atoms with Gasteiger partial charge >= 0.3 is 0 Å². The second-order valence-corrected chi connectivity index (χ2v) is 7.17. The van der Waals surface area contributed by atoms with Crippen LogP contribution in [0.25, 0.3) is 11.3 Å². The molecule has 2 saturated heterocycles. The summed E-state index contributed by atoms with van der Waals surface area (Å²) in [5.74, 6) is 3.28. The van der Waals surface area contributed by atoms with E-state index in [1.165, 1.54) is 25.7 Å². The zero-order valence-electron chi connectivity index (χ0n) is 13.9. The van der Waals surface area contributed by atoms with Crippen molar-refractivity contribution in [3.8, 4) is 0 Å². The van der Waals surface area contributed by atoms with Gasteiger partial charge in [0.25, 0.3) is 0 Å². The summed E-state index contributed by atoms with van der Waals surface area (Å²) in [6.07, 6.45) is 4.98. The molecule has 0 aliphatic carbocycles. The lowest BCUT2D eigenvalue weighted by Gasteiger charge is -2.37. The number of hydrogen-bond acceptors (Lipinski definition) is 7. The molecule has 124 valence electrons. The van der Waals surface area contributed by atoms with Crippen LogP contribution >= 0.6 is 0 Å². The van der Waals surface area contributed by atoms with Crippen LogP contribution in [0.4, 0.5) is 11.6 Å². The van der Waals surface area contributed by atoms with Gasteiger partial charge in [-0.05, 0) is 47.8 Å². The molecular formula is C16H24N6O. The Hall–Kier alpha value is -1.92. The second-order valence-electron chi connectivity index (χ2n) is 7.17. The van der Waals surface area contributed by atoms with Crippen LogP contribution in [0.3, 0.4) is 0 Å². The molecule has 7 heteroatoms. The third-order valence-electron chi connectivity index (χ3n) is 4.99. The second kappa shape index (κ2) is 5.94. The molecule has 2 aliphatic heterocycles. The minimum atomic E-state index is 0.507.